The molecule has 1 unspecified atom stereocenters. The van der Waals surface area contributed by atoms with E-state index in [1.807, 2.05) is 43.3 Å². The molecule has 0 aromatic heterocycles. The number of nitrogens with one attached hydrogen (secondary N) is 1. The molecule has 2 aromatic rings. The van der Waals surface area contributed by atoms with Crippen molar-refractivity contribution in [1.29, 1.82) is 0 Å². The molecular formula is C20H25NO2S. The standard InChI is InChI=1S/C20H25NO2S/c1-3-4-16-7-13-19(14-8-16)24(22,23)21-20(18-11-12-18)17-9-5-15(2)6-10-17/h5-10,13-14,18,20-21H,3-4,11-12H2,1-2H3. The van der Waals surface area contributed by atoms with E-state index in [1.54, 1.807) is 12.1 Å². The van der Waals surface area contributed by atoms with Crippen molar-refractivity contribution in [1.82, 2.24) is 4.72 Å². The van der Waals surface area contributed by atoms with Crippen LogP contribution in [0.3, 0.4) is 0 Å². The van der Waals surface area contributed by atoms with Gasteiger partial charge in [-0.1, -0.05) is 55.3 Å². The quantitative estimate of drug-likeness (QED) is 0.811. The Hall–Kier alpha value is -1.65. The lowest BCUT2D eigenvalue weighted by Gasteiger charge is -2.19. The van der Waals surface area contributed by atoms with Crippen LogP contribution in [0.25, 0.3) is 0 Å². The summed E-state index contributed by atoms with van der Waals surface area (Å²) in [6.07, 6.45) is 4.19. The van der Waals surface area contributed by atoms with Gasteiger partial charge in [0.1, 0.15) is 0 Å². The van der Waals surface area contributed by atoms with Crippen molar-refractivity contribution in [3.63, 3.8) is 0 Å². The third kappa shape index (κ3) is 4.05. The van der Waals surface area contributed by atoms with Crippen LogP contribution < -0.4 is 4.72 Å². The molecule has 0 radical (unpaired) electrons. The van der Waals surface area contributed by atoms with E-state index < -0.39 is 10.0 Å². The summed E-state index contributed by atoms with van der Waals surface area (Å²) in [4.78, 5) is 0.347. The summed E-state index contributed by atoms with van der Waals surface area (Å²) in [5.41, 5.74) is 3.41. The van der Waals surface area contributed by atoms with Gasteiger partial charge >= 0.3 is 0 Å². The summed E-state index contributed by atoms with van der Waals surface area (Å²) in [6, 6.07) is 15.3. The van der Waals surface area contributed by atoms with Crippen LogP contribution in [0.5, 0.6) is 0 Å². The van der Waals surface area contributed by atoms with Crippen LogP contribution in [0.2, 0.25) is 0 Å². The maximum absolute atomic E-state index is 12.8. The molecule has 24 heavy (non-hydrogen) atoms. The summed E-state index contributed by atoms with van der Waals surface area (Å²) in [6.45, 7) is 4.16. The van der Waals surface area contributed by atoms with Crippen molar-refractivity contribution in [3.8, 4) is 0 Å². The first-order valence-corrected chi connectivity index (χ1v) is 10.2. The SMILES string of the molecule is CCCc1ccc(S(=O)(=O)NC(c2ccc(C)cc2)C2CC2)cc1. The molecule has 0 bridgehead atoms. The molecule has 3 rings (SSSR count). The highest BCUT2D eigenvalue weighted by Gasteiger charge is 2.35. The fourth-order valence-electron chi connectivity index (χ4n) is 3.00. The topological polar surface area (TPSA) is 46.2 Å². The van der Waals surface area contributed by atoms with Crippen LogP contribution in [-0.2, 0) is 16.4 Å². The molecule has 128 valence electrons. The summed E-state index contributed by atoms with van der Waals surface area (Å²) < 4.78 is 28.5. The van der Waals surface area contributed by atoms with Crippen LogP contribution in [0.15, 0.2) is 53.4 Å². The van der Waals surface area contributed by atoms with Gasteiger partial charge in [-0.2, -0.15) is 0 Å². The highest BCUT2D eigenvalue weighted by Crippen LogP contribution is 2.41. The second-order valence-electron chi connectivity index (χ2n) is 6.74. The molecule has 0 spiro atoms. The molecule has 3 nitrogen and oxygen atoms in total. The molecule has 0 aliphatic heterocycles. The fourth-order valence-corrected chi connectivity index (χ4v) is 4.29. The smallest absolute Gasteiger partial charge is 0.207 e. The van der Waals surface area contributed by atoms with E-state index in [9.17, 15) is 8.42 Å². The Morgan fingerprint density at radius 1 is 1.04 bits per heavy atom. The summed E-state index contributed by atoms with van der Waals surface area (Å²) in [7, 11) is -3.50. The largest absolute Gasteiger partial charge is 0.241 e. The Kier molecular flexibility index (Phi) is 5.07. The predicted octanol–water partition coefficient (Wildman–Crippen LogP) is 4.38. The maximum atomic E-state index is 12.8. The average Bonchev–Trinajstić information content (AvgIpc) is 3.39. The van der Waals surface area contributed by atoms with E-state index in [-0.39, 0.29) is 6.04 Å². The van der Waals surface area contributed by atoms with Gasteiger partial charge in [0.15, 0.2) is 0 Å². The number of benzene rings is 2. The minimum absolute atomic E-state index is 0.133. The fraction of sp³-hybridized carbons (Fsp3) is 0.400. The molecular weight excluding hydrogens is 318 g/mol. The summed E-state index contributed by atoms with van der Waals surface area (Å²) in [5.74, 6) is 0.404. The lowest BCUT2D eigenvalue weighted by Crippen LogP contribution is -2.30. The summed E-state index contributed by atoms with van der Waals surface area (Å²) >= 11 is 0. The molecule has 0 heterocycles. The third-order valence-corrected chi connectivity index (χ3v) is 6.04. The molecule has 4 heteroatoms. The Labute approximate surface area is 145 Å². The predicted molar refractivity (Wildman–Crippen MR) is 97.4 cm³/mol. The normalized spacial score (nSPS) is 16.1. The van der Waals surface area contributed by atoms with Gasteiger partial charge in [0, 0.05) is 6.04 Å². The average molecular weight is 343 g/mol. The van der Waals surface area contributed by atoms with Crippen molar-refractivity contribution in [2.45, 2.75) is 50.5 Å². The first-order valence-electron chi connectivity index (χ1n) is 8.67. The van der Waals surface area contributed by atoms with E-state index in [0.29, 0.717) is 10.8 Å². The molecule has 1 N–H and O–H groups in total. The van der Waals surface area contributed by atoms with Crippen molar-refractivity contribution in [2.24, 2.45) is 5.92 Å². The first kappa shape index (κ1) is 17.2. The Morgan fingerprint density at radius 3 is 2.21 bits per heavy atom. The Balaban J connectivity index is 1.81. The third-order valence-electron chi connectivity index (χ3n) is 4.58. The van der Waals surface area contributed by atoms with Crippen LogP contribution in [0.4, 0.5) is 0 Å². The minimum atomic E-state index is -3.50. The Bertz CT molecular complexity index is 775. The van der Waals surface area contributed by atoms with E-state index in [0.717, 1.165) is 31.2 Å². The van der Waals surface area contributed by atoms with E-state index >= 15 is 0 Å². The van der Waals surface area contributed by atoms with Gasteiger partial charge in [-0.05, 0) is 55.4 Å². The van der Waals surface area contributed by atoms with Crippen LogP contribution in [-0.4, -0.2) is 8.42 Å². The van der Waals surface area contributed by atoms with Crippen molar-refractivity contribution < 1.29 is 8.42 Å². The van der Waals surface area contributed by atoms with Crippen LogP contribution in [0, 0.1) is 12.8 Å². The van der Waals surface area contributed by atoms with Gasteiger partial charge in [0.25, 0.3) is 0 Å². The minimum Gasteiger partial charge on any atom is -0.207 e. The van der Waals surface area contributed by atoms with Crippen LogP contribution in [0.1, 0.15) is 48.9 Å². The lowest BCUT2D eigenvalue weighted by molar-refractivity contribution is 0.529. The van der Waals surface area contributed by atoms with Gasteiger partial charge in [-0.25, -0.2) is 13.1 Å². The number of hydrogen-bond donors (Lipinski definition) is 1. The number of hydrogen-bond acceptors (Lipinski definition) is 2. The molecule has 1 fully saturated rings. The molecule has 0 amide bonds. The van der Waals surface area contributed by atoms with E-state index in [2.05, 4.69) is 11.6 Å². The number of rotatable bonds is 7. The highest BCUT2D eigenvalue weighted by molar-refractivity contribution is 7.89. The monoisotopic (exact) mass is 343 g/mol. The number of aryl methyl sites for hydroxylation is 2. The molecule has 0 saturated heterocycles. The highest BCUT2D eigenvalue weighted by atomic mass is 32.2. The van der Waals surface area contributed by atoms with Crippen molar-refractivity contribution in [2.75, 3.05) is 0 Å². The van der Waals surface area contributed by atoms with E-state index in [4.69, 9.17) is 0 Å². The van der Waals surface area contributed by atoms with Gasteiger partial charge in [-0.15, -0.1) is 0 Å². The first-order chi connectivity index (χ1) is 11.5. The van der Waals surface area contributed by atoms with Gasteiger partial charge in [0.05, 0.1) is 4.90 Å². The lowest BCUT2D eigenvalue weighted by atomic mass is 10.0. The van der Waals surface area contributed by atoms with Gasteiger partial charge in [0.2, 0.25) is 10.0 Å². The van der Waals surface area contributed by atoms with Crippen molar-refractivity contribution >= 4 is 10.0 Å². The van der Waals surface area contributed by atoms with Gasteiger partial charge < -0.3 is 0 Å². The van der Waals surface area contributed by atoms with Crippen LogP contribution >= 0.6 is 0 Å². The maximum Gasteiger partial charge on any atom is 0.241 e. The Morgan fingerprint density at radius 2 is 1.67 bits per heavy atom. The molecule has 1 atom stereocenters. The second-order valence-corrected chi connectivity index (χ2v) is 8.46. The number of sulfonamides is 1. The zero-order valence-electron chi connectivity index (χ0n) is 14.3. The molecule has 1 saturated carbocycles. The second kappa shape index (κ2) is 7.08. The van der Waals surface area contributed by atoms with Gasteiger partial charge in [-0.3, -0.25) is 0 Å². The molecule has 1 aliphatic rings. The van der Waals surface area contributed by atoms with E-state index in [1.165, 1.54) is 11.1 Å². The molecule has 2 aromatic carbocycles. The zero-order chi connectivity index (χ0) is 17.2. The zero-order valence-corrected chi connectivity index (χ0v) is 15.1. The molecule has 1 aliphatic carbocycles. The van der Waals surface area contributed by atoms with Crippen molar-refractivity contribution in [3.05, 3.63) is 65.2 Å². The summed E-state index contributed by atoms with van der Waals surface area (Å²) in [5, 5.41) is 0.